The van der Waals surface area contributed by atoms with Crippen molar-refractivity contribution in [2.45, 2.75) is 4.90 Å². The van der Waals surface area contributed by atoms with Crippen LogP contribution in [0.5, 0.6) is 0 Å². The molecule has 12 heavy (non-hydrogen) atoms. The van der Waals surface area contributed by atoms with E-state index in [0.29, 0.717) is 6.54 Å². The first-order valence-electron chi connectivity index (χ1n) is 3.70. The van der Waals surface area contributed by atoms with Gasteiger partial charge in [-0.25, -0.2) is 0 Å². The SMILES string of the molecule is CSc1cccc(C#CCN)c1. The second-order valence-electron chi connectivity index (χ2n) is 2.24. The quantitative estimate of drug-likeness (QED) is 0.522. The summed E-state index contributed by atoms with van der Waals surface area (Å²) in [5.74, 6) is 5.82. The van der Waals surface area contributed by atoms with E-state index in [1.807, 2.05) is 12.1 Å². The van der Waals surface area contributed by atoms with Crippen LogP contribution in [0.3, 0.4) is 0 Å². The number of nitrogens with two attached hydrogens (primary N) is 1. The third-order valence-corrected chi connectivity index (χ3v) is 2.13. The Kier molecular flexibility index (Phi) is 3.72. The second-order valence-corrected chi connectivity index (χ2v) is 3.12. The van der Waals surface area contributed by atoms with Gasteiger partial charge in [0, 0.05) is 10.5 Å². The molecular formula is C10H11NS. The predicted molar refractivity (Wildman–Crippen MR) is 54.2 cm³/mol. The van der Waals surface area contributed by atoms with Gasteiger partial charge in [0.2, 0.25) is 0 Å². The maximum Gasteiger partial charge on any atom is 0.0555 e. The molecule has 0 heterocycles. The molecule has 2 N–H and O–H groups in total. The van der Waals surface area contributed by atoms with Crippen LogP contribution in [0.15, 0.2) is 29.2 Å². The fourth-order valence-electron chi connectivity index (χ4n) is 0.854. The molecule has 1 aromatic carbocycles. The van der Waals surface area contributed by atoms with Crippen LogP contribution < -0.4 is 5.73 Å². The minimum atomic E-state index is 0.420. The molecule has 0 saturated carbocycles. The van der Waals surface area contributed by atoms with Crippen molar-refractivity contribution >= 4 is 11.8 Å². The second kappa shape index (κ2) is 4.87. The molecule has 0 amide bonds. The van der Waals surface area contributed by atoms with Crippen molar-refractivity contribution in [3.63, 3.8) is 0 Å². The van der Waals surface area contributed by atoms with Gasteiger partial charge in [-0.1, -0.05) is 17.9 Å². The van der Waals surface area contributed by atoms with Gasteiger partial charge in [0.25, 0.3) is 0 Å². The molecule has 0 atom stereocenters. The molecule has 0 unspecified atom stereocenters. The van der Waals surface area contributed by atoms with Gasteiger partial charge < -0.3 is 5.73 Å². The highest BCUT2D eigenvalue weighted by atomic mass is 32.2. The Morgan fingerprint density at radius 1 is 1.50 bits per heavy atom. The van der Waals surface area contributed by atoms with E-state index in [1.165, 1.54) is 4.90 Å². The average Bonchev–Trinajstić information content (AvgIpc) is 2.15. The van der Waals surface area contributed by atoms with Crippen molar-refractivity contribution in [2.24, 2.45) is 5.73 Å². The molecule has 0 radical (unpaired) electrons. The maximum absolute atomic E-state index is 5.27. The van der Waals surface area contributed by atoms with Gasteiger partial charge in [0.1, 0.15) is 0 Å². The van der Waals surface area contributed by atoms with Gasteiger partial charge >= 0.3 is 0 Å². The van der Waals surface area contributed by atoms with Crippen LogP contribution in [0.4, 0.5) is 0 Å². The Morgan fingerprint density at radius 2 is 2.33 bits per heavy atom. The average molecular weight is 177 g/mol. The minimum absolute atomic E-state index is 0.420. The van der Waals surface area contributed by atoms with E-state index in [-0.39, 0.29) is 0 Å². The summed E-state index contributed by atoms with van der Waals surface area (Å²) >= 11 is 1.72. The van der Waals surface area contributed by atoms with Gasteiger partial charge in [-0.05, 0) is 24.5 Å². The molecule has 1 rings (SSSR count). The molecule has 0 aliphatic carbocycles. The molecule has 0 saturated heterocycles. The lowest BCUT2D eigenvalue weighted by Gasteiger charge is -1.94. The van der Waals surface area contributed by atoms with Crippen molar-refractivity contribution in [1.82, 2.24) is 0 Å². The summed E-state index contributed by atoms with van der Waals surface area (Å²) in [5.41, 5.74) is 6.30. The summed E-state index contributed by atoms with van der Waals surface area (Å²) in [7, 11) is 0. The van der Waals surface area contributed by atoms with E-state index in [2.05, 4.69) is 30.2 Å². The highest BCUT2D eigenvalue weighted by Crippen LogP contribution is 2.14. The van der Waals surface area contributed by atoms with Gasteiger partial charge in [-0.2, -0.15) is 0 Å². The summed E-state index contributed by atoms with van der Waals surface area (Å²) in [6.45, 7) is 0.420. The number of benzene rings is 1. The lowest BCUT2D eigenvalue weighted by atomic mass is 10.2. The summed E-state index contributed by atoms with van der Waals surface area (Å²) < 4.78 is 0. The Hall–Kier alpha value is -0.910. The highest BCUT2D eigenvalue weighted by molar-refractivity contribution is 7.98. The number of thioether (sulfide) groups is 1. The zero-order valence-corrected chi connectivity index (χ0v) is 7.82. The first-order chi connectivity index (χ1) is 5.86. The predicted octanol–water partition coefficient (Wildman–Crippen LogP) is 1.72. The molecule has 0 aliphatic heterocycles. The molecule has 0 fully saturated rings. The Morgan fingerprint density at radius 3 is 3.00 bits per heavy atom. The highest BCUT2D eigenvalue weighted by Gasteiger charge is 1.89. The summed E-state index contributed by atoms with van der Waals surface area (Å²) in [5, 5.41) is 0. The zero-order valence-electron chi connectivity index (χ0n) is 7.00. The van der Waals surface area contributed by atoms with Gasteiger partial charge in [-0.3, -0.25) is 0 Å². The molecular weight excluding hydrogens is 166 g/mol. The normalized spacial score (nSPS) is 8.83. The molecule has 2 heteroatoms. The monoisotopic (exact) mass is 177 g/mol. The van der Waals surface area contributed by atoms with E-state index < -0.39 is 0 Å². The number of rotatable bonds is 1. The lowest BCUT2D eigenvalue weighted by Crippen LogP contribution is -1.92. The number of hydrogen-bond donors (Lipinski definition) is 1. The third kappa shape index (κ3) is 2.61. The van der Waals surface area contributed by atoms with E-state index in [0.717, 1.165) is 5.56 Å². The smallest absolute Gasteiger partial charge is 0.0555 e. The van der Waals surface area contributed by atoms with Crippen LogP contribution >= 0.6 is 11.8 Å². The van der Waals surface area contributed by atoms with E-state index in [9.17, 15) is 0 Å². The fourth-order valence-corrected chi connectivity index (χ4v) is 1.31. The van der Waals surface area contributed by atoms with Crippen LogP contribution in [0.2, 0.25) is 0 Å². The van der Waals surface area contributed by atoms with Crippen LogP contribution in [0.25, 0.3) is 0 Å². The van der Waals surface area contributed by atoms with E-state index in [4.69, 9.17) is 5.73 Å². The largest absolute Gasteiger partial charge is 0.320 e. The van der Waals surface area contributed by atoms with Crippen molar-refractivity contribution in [3.8, 4) is 11.8 Å². The molecule has 62 valence electrons. The lowest BCUT2D eigenvalue weighted by molar-refractivity contribution is 1.30. The maximum atomic E-state index is 5.27. The Balaban J connectivity index is 2.86. The van der Waals surface area contributed by atoms with Crippen molar-refractivity contribution < 1.29 is 0 Å². The van der Waals surface area contributed by atoms with Crippen LogP contribution in [0.1, 0.15) is 5.56 Å². The third-order valence-electron chi connectivity index (χ3n) is 1.40. The first kappa shape index (κ1) is 9.18. The Bertz CT molecular complexity index is 309. The van der Waals surface area contributed by atoms with Crippen molar-refractivity contribution in [3.05, 3.63) is 29.8 Å². The standard InChI is InChI=1S/C10H11NS/c1-12-10-6-2-4-9(8-10)5-3-7-11/h2,4,6,8H,7,11H2,1H3. The first-order valence-corrected chi connectivity index (χ1v) is 4.92. The van der Waals surface area contributed by atoms with Crippen LogP contribution in [-0.4, -0.2) is 12.8 Å². The van der Waals surface area contributed by atoms with Crippen LogP contribution in [-0.2, 0) is 0 Å². The van der Waals surface area contributed by atoms with Crippen molar-refractivity contribution in [1.29, 1.82) is 0 Å². The van der Waals surface area contributed by atoms with E-state index in [1.54, 1.807) is 11.8 Å². The molecule has 0 spiro atoms. The van der Waals surface area contributed by atoms with E-state index >= 15 is 0 Å². The van der Waals surface area contributed by atoms with Gasteiger partial charge in [0.15, 0.2) is 0 Å². The van der Waals surface area contributed by atoms with Crippen LogP contribution in [0, 0.1) is 11.8 Å². The van der Waals surface area contributed by atoms with Crippen molar-refractivity contribution in [2.75, 3.05) is 12.8 Å². The summed E-state index contributed by atoms with van der Waals surface area (Å²) in [6, 6.07) is 8.13. The van der Waals surface area contributed by atoms with Gasteiger partial charge in [0.05, 0.1) is 6.54 Å². The summed E-state index contributed by atoms with van der Waals surface area (Å²) in [4.78, 5) is 1.24. The number of hydrogen-bond acceptors (Lipinski definition) is 2. The molecule has 0 aromatic heterocycles. The minimum Gasteiger partial charge on any atom is -0.320 e. The molecule has 1 nitrogen and oxygen atoms in total. The van der Waals surface area contributed by atoms with Gasteiger partial charge in [-0.15, -0.1) is 11.8 Å². The Labute approximate surface area is 77.4 Å². The summed E-state index contributed by atoms with van der Waals surface area (Å²) in [6.07, 6.45) is 2.05. The fraction of sp³-hybridized carbons (Fsp3) is 0.200. The topological polar surface area (TPSA) is 26.0 Å². The molecule has 0 aliphatic rings. The molecule has 1 aromatic rings. The zero-order chi connectivity index (χ0) is 8.81. The molecule has 0 bridgehead atoms.